The van der Waals surface area contributed by atoms with Crippen molar-refractivity contribution in [3.8, 4) is 0 Å². The van der Waals surface area contributed by atoms with Crippen LogP contribution in [0.1, 0.15) is 24.2 Å². The lowest BCUT2D eigenvalue weighted by molar-refractivity contribution is -0.137. The van der Waals surface area contributed by atoms with Crippen molar-refractivity contribution >= 4 is 11.0 Å². The quantitative estimate of drug-likeness (QED) is 0.918. The predicted octanol–water partition coefficient (Wildman–Crippen LogP) is 2.92. The number of aryl methyl sites for hydroxylation is 1. The number of fused-ring (bicyclic) bond motifs is 1. The Hall–Kier alpha value is -1.56. The molecule has 3 nitrogen and oxygen atoms in total. The highest BCUT2D eigenvalue weighted by atomic mass is 19.4. The molecule has 0 aliphatic carbocycles. The van der Waals surface area contributed by atoms with Gasteiger partial charge in [-0.15, -0.1) is 0 Å². The van der Waals surface area contributed by atoms with E-state index in [4.69, 9.17) is 0 Å². The summed E-state index contributed by atoms with van der Waals surface area (Å²) in [4.78, 5) is 4.42. The van der Waals surface area contributed by atoms with Gasteiger partial charge in [0.2, 0.25) is 0 Å². The number of hydrogen-bond acceptors (Lipinski definition) is 2. The first-order valence-corrected chi connectivity index (χ1v) is 6.62. The normalized spacial score (nSPS) is 18.2. The van der Waals surface area contributed by atoms with Gasteiger partial charge in [-0.1, -0.05) is 6.92 Å². The molecule has 1 saturated heterocycles. The number of imidazole rings is 1. The lowest BCUT2D eigenvalue weighted by Gasteiger charge is -2.32. The topological polar surface area (TPSA) is 29.9 Å². The Morgan fingerprint density at radius 2 is 2.05 bits per heavy atom. The highest BCUT2D eigenvalue weighted by Gasteiger charge is 2.32. The highest BCUT2D eigenvalue weighted by Crippen LogP contribution is 2.33. The van der Waals surface area contributed by atoms with Crippen molar-refractivity contribution in [1.29, 1.82) is 0 Å². The van der Waals surface area contributed by atoms with Gasteiger partial charge >= 0.3 is 6.18 Å². The number of nitrogens with zero attached hydrogens (tertiary/aromatic N) is 2. The van der Waals surface area contributed by atoms with Gasteiger partial charge in [0.25, 0.3) is 0 Å². The van der Waals surface area contributed by atoms with Gasteiger partial charge < -0.3 is 9.88 Å². The standard InChI is InChI=1S/C14H16F3N3/c1-8(9-6-18-7-9)13-19-11-5-10(14(15,16)17)3-4-12(11)20(13)2/h3-5,8-9,18H,6-7H2,1-2H3. The molecule has 2 heterocycles. The van der Waals surface area contributed by atoms with Gasteiger partial charge in [-0.05, 0) is 37.2 Å². The van der Waals surface area contributed by atoms with E-state index in [0.717, 1.165) is 36.6 Å². The number of halogens is 3. The van der Waals surface area contributed by atoms with Crippen molar-refractivity contribution < 1.29 is 13.2 Å². The number of aromatic nitrogens is 2. The zero-order valence-electron chi connectivity index (χ0n) is 11.3. The van der Waals surface area contributed by atoms with Crippen molar-refractivity contribution in [3.05, 3.63) is 29.6 Å². The summed E-state index contributed by atoms with van der Waals surface area (Å²) in [6.45, 7) is 3.97. The van der Waals surface area contributed by atoms with E-state index in [1.54, 1.807) is 0 Å². The average Bonchev–Trinajstić information content (AvgIpc) is 2.63. The fourth-order valence-corrected chi connectivity index (χ4v) is 2.68. The molecule has 2 aromatic rings. The van der Waals surface area contributed by atoms with E-state index >= 15 is 0 Å². The van der Waals surface area contributed by atoms with E-state index in [2.05, 4.69) is 17.2 Å². The van der Waals surface area contributed by atoms with Gasteiger partial charge in [0.05, 0.1) is 16.6 Å². The van der Waals surface area contributed by atoms with Gasteiger partial charge in [0.1, 0.15) is 5.82 Å². The Morgan fingerprint density at radius 3 is 2.60 bits per heavy atom. The molecule has 6 heteroatoms. The zero-order chi connectivity index (χ0) is 14.5. The van der Waals surface area contributed by atoms with Gasteiger partial charge in [-0.25, -0.2) is 4.98 Å². The van der Waals surface area contributed by atoms with Gasteiger partial charge in [0.15, 0.2) is 0 Å². The van der Waals surface area contributed by atoms with Crippen LogP contribution in [-0.2, 0) is 13.2 Å². The maximum atomic E-state index is 12.7. The molecular weight excluding hydrogens is 267 g/mol. The van der Waals surface area contributed by atoms with E-state index in [1.165, 1.54) is 6.07 Å². The van der Waals surface area contributed by atoms with E-state index in [9.17, 15) is 13.2 Å². The lowest BCUT2D eigenvalue weighted by atomic mass is 9.88. The average molecular weight is 283 g/mol. The number of benzene rings is 1. The Labute approximate surface area is 114 Å². The van der Waals surface area contributed by atoms with Crippen molar-refractivity contribution in [1.82, 2.24) is 14.9 Å². The zero-order valence-corrected chi connectivity index (χ0v) is 11.3. The molecule has 0 radical (unpaired) electrons. The molecule has 1 aromatic carbocycles. The Bertz CT molecular complexity index is 641. The predicted molar refractivity (Wildman–Crippen MR) is 70.5 cm³/mol. The minimum absolute atomic E-state index is 0.239. The summed E-state index contributed by atoms with van der Waals surface area (Å²) in [6, 6.07) is 3.74. The molecule has 1 unspecified atom stereocenters. The van der Waals surface area contributed by atoms with Crippen molar-refractivity contribution in [2.24, 2.45) is 13.0 Å². The minimum Gasteiger partial charge on any atom is -0.331 e. The first kappa shape index (κ1) is 13.4. The summed E-state index contributed by atoms with van der Waals surface area (Å²) in [6.07, 6.45) is -4.32. The van der Waals surface area contributed by atoms with E-state index in [-0.39, 0.29) is 5.92 Å². The molecule has 1 aliphatic rings. The molecule has 3 rings (SSSR count). The third-order valence-corrected chi connectivity index (χ3v) is 4.17. The van der Waals surface area contributed by atoms with E-state index in [0.29, 0.717) is 11.4 Å². The Morgan fingerprint density at radius 1 is 1.35 bits per heavy atom. The van der Waals surface area contributed by atoms with Gasteiger partial charge in [-0.2, -0.15) is 13.2 Å². The molecule has 1 aromatic heterocycles. The molecular formula is C14H16F3N3. The summed E-state index contributed by atoms with van der Waals surface area (Å²) in [5.41, 5.74) is 0.510. The smallest absolute Gasteiger partial charge is 0.331 e. The summed E-state index contributed by atoms with van der Waals surface area (Å²) in [5, 5.41) is 3.21. The third kappa shape index (κ3) is 2.08. The van der Waals surface area contributed by atoms with Crippen molar-refractivity contribution in [2.75, 3.05) is 13.1 Å². The van der Waals surface area contributed by atoms with Crippen LogP contribution in [0.3, 0.4) is 0 Å². The molecule has 0 saturated carbocycles. The van der Waals surface area contributed by atoms with Crippen molar-refractivity contribution in [2.45, 2.75) is 19.0 Å². The summed E-state index contributed by atoms with van der Waals surface area (Å²) >= 11 is 0. The molecule has 20 heavy (non-hydrogen) atoms. The molecule has 0 bridgehead atoms. The summed E-state index contributed by atoms with van der Waals surface area (Å²) in [7, 11) is 1.86. The first-order chi connectivity index (χ1) is 9.38. The maximum absolute atomic E-state index is 12.7. The molecule has 1 N–H and O–H groups in total. The van der Waals surface area contributed by atoms with Gasteiger partial charge in [-0.3, -0.25) is 0 Å². The van der Waals surface area contributed by atoms with Crippen LogP contribution in [0.25, 0.3) is 11.0 Å². The number of rotatable bonds is 2. The minimum atomic E-state index is -4.32. The highest BCUT2D eigenvalue weighted by molar-refractivity contribution is 5.77. The third-order valence-electron chi connectivity index (χ3n) is 4.17. The largest absolute Gasteiger partial charge is 0.416 e. The fraction of sp³-hybridized carbons (Fsp3) is 0.500. The Balaban J connectivity index is 2.04. The van der Waals surface area contributed by atoms with Crippen LogP contribution < -0.4 is 5.32 Å². The molecule has 108 valence electrons. The molecule has 0 amide bonds. The molecule has 1 atom stereocenters. The van der Waals surface area contributed by atoms with Crippen LogP contribution in [0, 0.1) is 5.92 Å². The van der Waals surface area contributed by atoms with Crippen LogP contribution in [0.2, 0.25) is 0 Å². The monoisotopic (exact) mass is 283 g/mol. The first-order valence-electron chi connectivity index (χ1n) is 6.62. The molecule has 1 fully saturated rings. The number of hydrogen-bond donors (Lipinski definition) is 1. The second kappa shape index (κ2) is 4.48. The lowest BCUT2D eigenvalue weighted by Crippen LogP contribution is -2.45. The molecule has 1 aliphatic heterocycles. The fourth-order valence-electron chi connectivity index (χ4n) is 2.68. The van der Waals surface area contributed by atoms with Gasteiger partial charge in [0, 0.05) is 13.0 Å². The van der Waals surface area contributed by atoms with Crippen LogP contribution in [0.5, 0.6) is 0 Å². The SMILES string of the molecule is CC(c1nc2cc(C(F)(F)F)ccc2n1C)C1CNC1. The van der Waals surface area contributed by atoms with Crippen LogP contribution in [0.4, 0.5) is 13.2 Å². The van der Waals surface area contributed by atoms with E-state index < -0.39 is 11.7 Å². The number of nitrogens with one attached hydrogen (secondary N) is 1. The Kier molecular flexibility index (Phi) is 3.01. The second-order valence-corrected chi connectivity index (χ2v) is 5.44. The van der Waals surface area contributed by atoms with Crippen LogP contribution >= 0.6 is 0 Å². The molecule has 0 spiro atoms. The summed E-state index contributed by atoms with van der Waals surface area (Å²) < 4.78 is 40.1. The van der Waals surface area contributed by atoms with Crippen LogP contribution in [0.15, 0.2) is 18.2 Å². The summed E-state index contributed by atoms with van der Waals surface area (Å²) in [5.74, 6) is 1.60. The number of alkyl halides is 3. The van der Waals surface area contributed by atoms with Crippen molar-refractivity contribution in [3.63, 3.8) is 0 Å². The maximum Gasteiger partial charge on any atom is 0.416 e. The van der Waals surface area contributed by atoms with E-state index in [1.807, 2.05) is 11.6 Å². The second-order valence-electron chi connectivity index (χ2n) is 5.44. The van der Waals surface area contributed by atoms with Crippen LogP contribution in [-0.4, -0.2) is 22.6 Å².